The molecule has 1 spiro atoms. The van der Waals surface area contributed by atoms with Crippen LogP contribution in [0.5, 0.6) is 5.75 Å². The summed E-state index contributed by atoms with van der Waals surface area (Å²) in [6.07, 6.45) is 3.80. The van der Waals surface area contributed by atoms with Gasteiger partial charge in [0.2, 0.25) is 0 Å². The van der Waals surface area contributed by atoms with Gasteiger partial charge in [-0.25, -0.2) is 9.38 Å². The fraction of sp³-hybridized carbons (Fsp3) is 0.261. The van der Waals surface area contributed by atoms with E-state index in [-0.39, 0.29) is 23.3 Å². The van der Waals surface area contributed by atoms with E-state index in [4.69, 9.17) is 22.1 Å². The second-order valence-electron chi connectivity index (χ2n) is 8.50. The zero-order chi connectivity index (χ0) is 22.7. The molecular formula is C23H21ClFN5O2. The molecule has 2 aromatic carbocycles. The van der Waals surface area contributed by atoms with Crippen LogP contribution in [0.4, 0.5) is 4.39 Å². The SMILES string of the molecule is CN1C(=O)C2(C[C@@](C)(Cn3cccn3)Oc3ccc(-c4cc(F)cc(Cl)c4)cc32)N=C1N. The zero-order valence-electron chi connectivity index (χ0n) is 17.5. The lowest BCUT2D eigenvalue weighted by molar-refractivity contribution is -0.134. The van der Waals surface area contributed by atoms with Gasteiger partial charge >= 0.3 is 0 Å². The fourth-order valence-corrected chi connectivity index (χ4v) is 4.82. The average molecular weight is 454 g/mol. The van der Waals surface area contributed by atoms with Gasteiger partial charge in [-0.3, -0.25) is 14.4 Å². The lowest BCUT2D eigenvalue weighted by Crippen LogP contribution is -2.52. The molecule has 1 amide bonds. The molecule has 164 valence electrons. The van der Waals surface area contributed by atoms with Crippen LogP contribution in [0.1, 0.15) is 18.9 Å². The summed E-state index contributed by atoms with van der Waals surface area (Å²) in [5, 5.41) is 4.57. The second kappa shape index (κ2) is 7.06. The van der Waals surface area contributed by atoms with E-state index in [9.17, 15) is 9.18 Å². The lowest BCUT2D eigenvalue weighted by Gasteiger charge is -2.43. The van der Waals surface area contributed by atoms with Crippen molar-refractivity contribution >= 4 is 23.5 Å². The molecule has 3 aromatic rings. The Hall–Kier alpha value is -3.39. The van der Waals surface area contributed by atoms with Crippen molar-refractivity contribution in [1.82, 2.24) is 14.7 Å². The van der Waals surface area contributed by atoms with Gasteiger partial charge in [0.1, 0.15) is 17.2 Å². The normalized spacial score (nSPS) is 24.4. The van der Waals surface area contributed by atoms with Crippen LogP contribution in [0.25, 0.3) is 11.1 Å². The Labute approximate surface area is 189 Å². The van der Waals surface area contributed by atoms with Gasteiger partial charge in [0.15, 0.2) is 11.5 Å². The second-order valence-corrected chi connectivity index (χ2v) is 8.93. The number of hydrogen-bond acceptors (Lipinski definition) is 5. The van der Waals surface area contributed by atoms with E-state index in [2.05, 4.69) is 10.1 Å². The van der Waals surface area contributed by atoms with Gasteiger partial charge in [-0.05, 0) is 54.4 Å². The average Bonchev–Trinajstić information content (AvgIpc) is 3.30. The number of fused-ring (bicyclic) bond motifs is 2. The third kappa shape index (κ3) is 3.22. The Bertz CT molecular complexity index is 1240. The minimum Gasteiger partial charge on any atom is -0.485 e. The number of likely N-dealkylation sites (N-methyl/N-ethyl adjacent to an activating group) is 1. The Kier molecular flexibility index (Phi) is 4.53. The van der Waals surface area contributed by atoms with E-state index >= 15 is 0 Å². The summed E-state index contributed by atoms with van der Waals surface area (Å²) in [6, 6.07) is 11.5. The molecule has 2 atom stereocenters. The number of ether oxygens (including phenoxy) is 1. The maximum atomic E-state index is 14.0. The number of amides is 1. The van der Waals surface area contributed by atoms with Crippen molar-refractivity contribution in [3.8, 4) is 16.9 Å². The number of aromatic nitrogens is 2. The molecule has 5 rings (SSSR count). The third-order valence-electron chi connectivity index (χ3n) is 5.97. The van der Waals surface area contributed by atoms with Crippen molar-refractivity contribution in [2.24, 2.45) is 10.7 Å². The van der Waals surface area contributed by atoms with Gasteiger partial charge in [0, 0.05) is 36.4 Å². The van der Waals surface area contributed by atoms with E-state index in [0.717, 1.165) is 0 Å². The molecule has 1 unspecified atom stereocenters. The number of halogens is 2. The van der Waals surface area contributed by atoms with E-state index in [0.29, 0.717) is 29.0 Å². The standard InChI is InChI=1S/C23H21ClFN5O2/c1-22(13-30-7-3-6-27-30)12-23(20(31)29(2)21(26)28-23)18-10-14(4-5-19(18)32-22)15-8-16(24)11-17(25)9-15/h3-11H,12-13H2,1-2H3,(H2,26,28)/t22-,23?/m0/s1. The van der Waals surface area contributed by atoms with E-state index in [1.165, 1.54) is 17.0 Å². The van der Waals surface area contributed by atoms with Gasteiger partial charge in [0.05, 0.1) is 6.54 Å². The number of benzene rings is 2. The minimum atomic E-state index is -1.25. The molecule has 0 radical (unpaired) electrons. The molecular weight excluding hydrogens is 433 g/mol. The molecule has 1 aromatic heterocycles. The monoisotopic (exact) mass is 453 g/mol. The van der Waals surface area contributed by atoms with E-state index in [1.807, 2.05) is 31.3 Å². The number of guanidine groups is 1. The highest BCUT2D eigenvalue weighted by Crippen LogP contribution is 2.50. The summed E-state index contributed by atoms with van der Waals surface area (Å²) in [4.78, 5) is 19.5. The summed E-state index contributed by atoms with van der Waals surface area (Å²) in [5.74, 6) is -0.0107. The summed E-state index contributed by atoms with van der Waals surface area (Å²) >= 11 is 6.06. The molecule has 2 aliphatic rings. The van der Waals surface area contributed by atoms with Crippen LogP contribution in [-0.2, 0) is 16.9 Å². The molecule has 0 bridgehead atoms. The van der Waals surface area contributed by atoms with Gasteiger partial charge in [-0.2, -0.15) is 5.10 Å². The number of rotatable bonds is 3. The first-order valence-corrected chi connectivity index (χ1v) is 10.5. The quantitative estimate of drug-likeness (QED) is 0.657. The van der Waals surface area contributed by atoms with Crippen molar-refractivity contribution in [3.05, 3.63) is 71.3 Å². The first-order chi connectivity index (χ1) is 15.2. The Morgan fingerprint density at radius 2 is 2.06 bits per heavy atom. The maximum absolute atomic E-state index is 14.0. The maximum Gasteiger partial charge on any atom is 0.261 e. The van der Waals surface area contributed by atoms with Gasteiger partial charge in [-0.15, -0.1) is 0 Å². The highest BCUT2D eigenvalue weighted by Gasteiger charge is 2.57. The van der Waals surface area contributed by atoms with Crippen LogP contribution in [0.2, 0.25) is 5.02 Å². The topological polar surface area (TPSA) is 85.7 Å². The van der Waals surface area contributed by atoms with Crippen molar-refractivity contribution in [2.45, 2.75) is 31.0 Å². The Balaban J connectivity index is 1.66. The number of hydrogen-bond donors (Lipinski definition) is 1. The largest absolute Gasteiger partial charge is 0.485 e. The highest BCUT2D eigenvalue weighted by molar-refractivity contribution is 6.30. The van der Waals surface area contributed by atoms with Crippen LogP contribution in [0.15, 0.2) is 59.9 Å². The molecule has 2 aliphatic heterocycles. The smallest absolute Gasteiger partial charge is 0.261 e. The molecule has 3 heterocycles. The first-order valence-electron chi connectivity index (χ1n) is 10.1. The van der Waals surface area contributed by atoms with Crippen molar-refractivity contribution in [2.75, 3.05) is 7.05 Å². The molecule has 0 saturated carbocycles. The van der Waals surface area contributed by atoms with E-state index in [1.54, 1.807) is 30.1 Å². The van der Waals surface area contributed by atoms with Gasteiger partial charge in [-0.1, -0.05) is 17.7 Å². The molecule has 2 N–H and O–H groups in total. The first kappa shape index (κ1) is 20.5. The fourth-order valence-electron chi connectivity index (χ4n) is 4.60. The molecule has 7 nitrogen and oxygen atoms in total. The van der Waals surface area contributed by atoms with Crippen molar-refractivity contribution < 1.29 is 13.9 Å². The van der Waals surface area contributed by atoms with Crippen molar-refractivity contribution in [3.63, 3.8) is 0 Å². The lowest BCUT2D eigenvalue weighted by atomic mass is 9.76. The van der Waals surface area contributed by atoms with Crippen LogP contribution in [0, 0.1) is 5.82 Å². The highest BCUT2D eigenvalue weighted by atomic mass is 35.5. The van der Waals surface area contributed by atoms with Crippen LogP contribution >= 0.6 is 11.6 Å². The zero-order valence-corrected chi connectivity index (χ0v) is 18.3. The van der Waals surface area contributed by atoms with Crippen LogP contribution in [0.3, 0.4) is 0 Å². The molecule has 0 fully saturated rings. The third-order valence-corrected chi connectivity index (χ3v) is 6.19. The predicted molar refractivity (Wildman–Crippen MR) is 119 cm³/mol. The molecule has 0 saturated heterocycles. The van der Waals surface area contributed by atoms with Gasteiger partial charge < -0.3 is 10.5 Å². The Morgan fingerprint density at radius 1 is 1.25 bits per heavy atom. The van der Waals surface area contributed by atoms with Crippen LogP contribution in [-0.4, -0.2) is 39.2 Å². The number of nitrogens with zero attached hydrogens (tertiary/aromatic N) is 4. The predicted octanol–water partition coefficient (Wildman–Crippen LogP) is 3.57. The summed E-state index contributed by atoms with van der Waals surface area (Å²) < 4.78 is 22.1. The summed E-state index contributed by atoms with van der Waals surface area (Å²) in [6.45, 7) is 2.35. The summed E-state index contributed by atoms with van der Waals surface area (Å²) in [5.41, 5.74) is 5.93. The molecule has 32 heavy (non-hydrogen) atoms. The number of aliphatic imine (C=N–C) groups is 1. The number of carbonyl (C=O) groups is 1. The summed E-state index contributed by atoms with van der Waals surface area (Å²) in [7, 11) is 1.60. The van der Waals surface area contributed by atoms with Gasteiger partial charge in [0.25, 0.3) is 5.91 Å². The van der Waals surface area contributed by atoms with E-state index < -0.39 is 17.0 Å². The Morgan fingerprint density at radius 3 is 2.72 bits per heavy atom. The number of carbonyl (C=O) groups excluding carboxylic acids is 1. The molecule has 0 aliphatic carbocycles. The molecule has 9 heteroatoms. The number of nitrogens with two attached hydrogens (primary N) is 1. The van der Waals surface area contributed by atoms with Crippen molar-refractivity contribution in [1.29, 1.82) is 0 Å². The van der Waals surface area contributed by atoms with Crippen LogP contribution < -0.4 is 10.5 Å². The minimum absolute atomic E-state index is 0.142.